The van der Waals surface area contributed by atoms with E-state index in [0.717, 1.165) is 0 Å². The maximum absolute atomic E-state index is 14.2. The third kappa shape index (κ3) is 21.3. The van der Waals surface area contributed by atoms with Crippen molar-refractivity contribution in [1.29, 1.82) is 0 Å². The second-order valence-corrected chi connectivity index (χ2v) is 22.1. The van der Waals surface area contributed by atoms with Crippen LogP contribution in [0.4, 0.5) is 0 Å². The minimum absolute atomic E-state index is 0.0813. The van der Waals surface area contributed by atoms with E-state index < -0.39 is 137 Å². The fourth-order valence-corrected chi connectivity index (χ4v) is 9.08. The zero-order valence-electron chi connectivity index (χ0n) is 48.5. The molecule has 76 heavy (non-hydrogen) atoms. The van der Waals surface area contributed by atoms with E-state index in [-0.39, 0.29) is 69.5 Å². The van der Waals surface area contributed by atoms with Gasteiger partial charge in [0.05, 0.1) is 6.10 Å². The van der Waals surface area contributed by atoms with Gasteiger partial charge in [-0.1, -0.05) is 95.9 Å². The van der Waals surface area contributed by atoms with Crippen molar-refractivity contribution < 1.29 is 57.8 Å². The highest BCUT2D eigenvalue weighted by Crippen LogP contribution is 2.20. The van der Waals surface area contributed by atoms with Gasteiger partial charge in [0.1, 0.15) is 48.3 Å². The highest BCUT2D eigenvalue weighted by Gasteiger charge is 2.40. The van der Waals surface area contributed by atoms with Gasteiger partial charge in [-0.3, -0.25) is 52.7 Å². The zero-order valence-corrected chi connectivity index (χ0v) is 48.5. The molecule has 23 nitrogen and oxygen atoms in total. The van der Waals surface area contributed by atoms with Crippen LogP contribution in [0.2, 0.25) is 0 Å². The molecule has 9 N–H and O–H groups in total. The lowest BCUT2D eigenvalue weighted by Crippen LogP contribution is -2.61. The van der Waals surface area contributed by atoms with Crippen molar-refractivity contribution >= 4 is 65.0 Å². The van der Waals surface area contributed by atoms with Gasteiger partial charge < -0.3 is 62.3 Å². The van der Waals surface area contributed by atoms with Crippen molar-refractivity contribution in [2.75, 3.05) is 40.8 Å². The van der Waals surface area contributed by atoms with E-state index >= 15 is 0 Å². The summed E-state index contributed by atoms with van der Waals surface area (Å²) in [6, 6.07) is -9.13. The van der Waals surface area contributed by atoms with E-state index in [1.807, 2.05) is 41.5 Å². The number of nitrogens with zero attached hydrogens (tertiary/aromatic N) is 3. The van der Waals surface area contributed by atoms with Gasteiger partial charge >= 0.3 is 0 Å². The van der Waals surface area contributed by atoms with Gasteiger partial charge in [-0.2, -0.15) is 0 Å². The molecule has 23 heteroatoms. The first-order chi connectivity index (χ1) is 35.3. The normalized spacial score (nSPS) is 26.8. The molecule has 1 aliphatic heterocycles. The molecule has 11 atom stereocenters. The van der Waals surface area contributed by atoms with Crippen molar-refractivity contribution in [3.63, 3.8) is 0 Å². The molecule has 0 spiro atoms. The molecule has 0 radical (unpaired) electrons. The molecule has 434 valence electrons. The first kappa shape index (κ1) is 68.1. The van der Waals surface area contributed by atoms with Crippen LogP contribution in [0.1, 0.15) is 142 Å². The molecule has 0 aromatic rings. The largest absolute Gasteiger partial charge is 0.391 e. The van der Waals surface area contributed by atoms with E-state index in [0.29, 0.717) is 12.8 Å². The summed E-state index contributed by atoms with van der Waals surface area (Å²) in [6.45, 7) is 23.7. The lowest BCUT2D eigenvalue weighted by molar-refractivity contribution is -0.145. The van der Waals surface area contributed by atoms with Crippen LogP contribution in [0.25, 0.3) is 0 Å². The highest BCUT2D eigenvalue weighted by atomic mass is 16.3. The molecule has 1 aliphatic rings. The Labute approximate surface area is 451 Å². The van der Waals surface area contributed by atoms with Crippen LogP contribution in [-0.4, -0.2) is 180 Å². The summed E-state index contributed by atoms with van der Waals surface area (Å²) < 4.78 is 0. The van der Waals surface area contributed by atoms with Gasteiger partial charge in [-0.05, 0) is 62.2 Å². The van der Waals surface area contributed by atoms with E-state index in [1.54, 1.807) is 41.5 Å². The molecule has 1 saturated heterocycles. The Kier molecular flexibility index (Phi) is 29.3. The van der Waals surface area contributed by atoms with Crippen LogP contribution in [0.15, 0.2) is 0 Å². The van der Waals surface area contributed by atoms with E-state index in [2.05, 4.69) is 42.5 Å². The molecule has 1 rings (SSSR count). The maximum Gasteiger partial charge on any atom is 0.245 e. The molecule has 11 unspecified atom stereocenters. The number of amides is 11. The fourth-order valence-electron chi connectivity index (χ4n) is 9.08. The molecule has 0 bridgehead atoms. The van der Waals surface area contributed by atoms with Gasteiger partial charge in [-0.15, -0.1) is 0 Å². The molecule has 0 aromatic carbocycles. The molecule has 1 heterocycles. The number of hydrogen-bond acceptors (Lipinski definition) is 12. The summed E-state index contributed by atoms with van der Waals surface area (Å²) in [6.07, 6.45) is -0.924. The van der Waals surface area contributed by atoms with Crippen LogP contribution >= 0.6 is 0 Å². The number of rotatable bonds is 11. The van der Waals surface area contributed by atoms with Crippen LogP contribution in [-0.2, 0) is 52.7 Å². The number of hydrogen-bond donors (Lipinski definition) is 9. The molecule has 0 aromatic heterocycles. The van der Waals surface area contributed by atoms with Gasteiger partial charge in [0.25, 0.3) is 0 Å². The van der Waals surface area contributed by atoms with E-state index in [9.17, 15) is 57.8 Å². The van der Waals surface area contributed by atoms with Crippen molar-refractivity contribution in [2.24, 2.45) is 35.5 Å². The summed E-state index contributed by atoms with van der Waals surface area (Å²) in [4.78, 5) is 155. The number of likely N-dealkylation sites (N-methyl/N-ethyl adjacent to an activating group) is 3. The lowest BCUT2D eigenvalue weighted by Gasteiger charge is -2.35. The van der Waals surface area contributed by atoms with Gasteiger partial charge in [0.15, 0.2) is 0 Å². The van der Waals surface area contributed by atoms with Gasteiger partial charge in [0, 0.05) is 60.0 Å². The quantitative estimate of drug-likeness (QED) is 0.135. The Morgan fingerprint density at radius 1 is 0.447 bits per heavy atom. The topological polar surface area (TPSA) is 314 Å². The van der Waals surface area contributed by atoms with Crippen molar-refractivity contribution in [3.05, 3.63) is 0 Å². The van der Waals surface area contributed by atoms with Crippen molar-refractivity contribution in [3.8, 4) is 0 Å². The number of nitrogens with one attached hydrogen (secondary N) is 8. The average molecular weight is 1080 g/mol. The standard InChI is InChI=1S/C53H95N11O12/c1-18-32(11)44-48(71)56-25-22-40(68)60-41(30(7)8)53(76)62(15)43(31(9)10)49(72)57-34(13)46(69)54-23-20-38(66)59-37(27-29(5)6)52(75)64(17)45(33(12)19-2)50(73)61-42(35(14)65)47(70)55-24-21-39(67)58-36(26-28(3)4)51(74)63(44)16/h28-37,41-45,65H,18-27H2,1-17H3,(H,54,69)(H,55,70)(H,56,71)(H,57,72)(H,58,67)(H,59,66)(H,60,68)(H,61,73). The number of aliphatic hydroxyl groups excluding tert-OH is 1. The monoisotopic (exact) mass is 1080 g/mol. The fraction of sp³-hybridized carbons (Fsp3) is 0.792. The summed E-state index contributed by atoms with van der Waals surface area (Å²) >= 11 is 0. The molecular formula is C53H95N11O12. The van der Waals surface area contributed by atoms with Crippen molar-refractivity contribution in [1.82, 2.24) is 57.2 Å². The van der Waals surface area contributed by atoms with E-state index in [1.165, 1.54) is 49.7 Å². The average Bonchev–Trinajstić information content (AvgIpc) is 3.32. The SMILES string of the molecule is CCC(C)C1C(=O)NCCC(=O)NC(C(C)C)C(=O)N(C)C(C(C)C)C(=O)NC(C)C(=O)NCCC(=O)NC(CC(C)C)C(=O)N(C)C(C(C)CC)C(=O)NC(C(C)O)C(=O)NCCC(=O)NC(CC(C)C)C(=O)N1C. The first-order valence-electron chi connectivity index (χ1n) is 27.1. The molecule has 0 saturated carbocycles. The number of carbonyl (C=O) groups is 11. The molecule has 1 fully saturated rings. The second kappa shape index (κ2) is 32.7. The Hall–Kier alpha value is -5.87. The molecular weight excluding hydrogens is 983 g/mol. The van der Waals surface area contributed by atoms with Gasteiger partial charge in [-0.25, -0.2) is 0 Å². The predicted molar refractivity (Wildman–Crippen MR) is 287 cm³/mol. The second-order valence-electron chi connectivity index (χ2n) is 22.1. The summed E-state index contributed by atoms with van der Waals surface area (Å²) in [7, 11) is 4.30. The van der Waals surface area contributed by atoms with Crippen LogP contribution in [0.3, 0.4) is 0 Å². The van der Waals surface area contributed by atoms with Crippen LogP contribution < -0.4 is 42.5 Å². The maximum atomic E-state index is 14.2. The summed E-state index contributed by atoms with van der Waals surface area (Å²) in [5.74, 6) is -8.75. The zero-order chi connectivity index (χ0) is 58.5. The molecule has 0 aliphatic carbocycles. The predicted octanol–water partition coefficient (Wildman–Crippen LogP) is 0.321. The first-order valence-corrected chi connectivity index (χ1v) is 27.1. The lowest BCUT2D eigenvalue weighted by atomic mass is 9.94. The molecule has 11 amide bonds. The highest BCUT2D eigenvalue weighted by molar-refractivity contribution is 5.97. The van der Waals surface area contributed by atoms with Crippen molar-refractivity contribution in [2.45, 2.75) is 196 Å². The Bertz CT molecular complexity index is 2000. The number of carbonyl (C=O) groups excluding carboxylic acids is 11. The number of aliphatic hydroxyl groups is 1. The Morgan fingerprint density at radius 3 is 1.20 bits per heavy atom. The minimum Gasteiger partial charge on any atom is -0.391 e. The Balaban J connectivity index is 3.74. The van der Waals surface area contributed by atoms with Crippen LogP contribution in [0, 0.1) is 35.5 Å². The van der Waals surface area contributed by atoms with Crippen LogP contribution in [0.5, 0.6) is 0 Å². The van der Waals surface area contributed by atoms with E-state index in [4.69, 9.17) is 0 Å². The Morgan fingerprint density at radius 2 is 0.816 bits per heavy atom. The van der Waals surface area contributed by atoms with Gasteiger partial charge in [0.2, 0.25) is 65.0 Å². The summed E-state index contributed by atoms with van der Waals surface area (Å²) in [5, 5.41) is 32.1. The minimum atomic E-state index is -1.51. The smallest absolute Gasteiger partial charge is 0.245 e. The third-order valence-corrected chi connectivity index (χ3v) is 13.8. The summed E-state index contributed by atoms with van der Waals surface area (Å²) in [5.41, 5.74) is 0. The third-order valence-electron chi connectivity index (χ3n) is 13.8.